The van der Waals surface area contributed by atoms with Crippen LogP contribution in [0.5, 0.6) is 0 Å². The van der Waals surface area contributed by atoms with E-state index in [4.69, 9.17) is 0 Å². The van der Waals surface area contributed by atoms with Crippen LogP contribution in [0.3, 0.4) is 0 Å². The summed E-state index contributed by atoms with van der Waals surface area (Å²) in [5.41, 5.74) is 8.52. The predicted molar refractivity (Wildman–Crippen MR) is 116 cm³/mol. The first-order valence-electron chi connectivity index (χ1n) is 10.5. The first-order chi connectivity index (χ1) is 14.5. The van der Waals surface area contributed by atoms with Crippen LogP contribution in [0.2, 0.25) is 0 Å². The van der Waals surface area contributed by atoms with Gasteiger partial charge in [0.2, 0.25) is 11.8 Å². The quantitative estimate of drug-likeness (QED) is 0.584. The standard InChI is InChI=1S/C23H27N3O3S/c1-15-7-9-16(10-8-15)13-26-14-18(12-21(26)27)22(28)24-25-23(29)20-11-17-5-3-2-4-6-19(17)30-20/h7-11,18H,2-6,12-14H2,1H3,(H,24,28)(H,25,29). The highest BCUT2D eigenvalue weighted by Gasteiger charge is 2.34. The minimum Gasteiger partial charge on any atom is -0.338 e. The number of amides is 3. The molecule has 1 aromatic heterocycles. The number of fused-ring (bicyclic) bond motifs is 1. The van der Waals surface area contributed by atoms with Gasteiger partial charge in [0.1, 0.15) is 0 Å². The maximum Gasteiger partial charge on any atom is 0.279 e. The molecule has 0 spiro atoms. The molecule has 1 aromatic carbocycles. The van der Waals surface area contributed by atoms with Gasteiger partial charge in [-0.05, 0) is 49.8 Å². The van der Waals surface area contributed by atoms with Crippen LogP contribution < -0.4 is 10.9 Å². The molecule has 2 heterocycles. The molecule has 2 N–H and O–H groups in total. The second kappa shape index (κ2) is 9.00. The van der Waals surface area contributed by atoms with Crippen molar-refractivity contribution in [2.45, 2.75) is 52.0 Å². The number of carbonyl (C=O) groups is 3. The topological polar surface area (TPSA) is 78.5 Å². The summed E-state index contributed by atoms with van der Waals surface area (Å²) in [5, 5.41) is 0. The molecular weight excluding hydrogens is 398 g/mol. The molecule has 1 unspecified atom stereocenters. The van der Waals surface area contributed by atoms with Crippen molar-refractivity contribution in [1.82, 2.24) is 15.8 Å². The van der Waals surface area contributed by atoms with Gasteiger partial charge in [0, 0.05) is 24.4 Å². The van der Waals surface area contributed by atoms with Gasteiger partial charge in [0.15, 0.2) is 0 Å². The van der Waals surface area contributed by atoms with Crippen LogP contribution in [0.4, 0.5) is 0 Å². The molecule has 158 valence electrons. The Balaban J connectivity index is 1.29. The van der Waals surface area contributed by atoms with E-state index in [-0.39, 0.29) is 24.1 Å². The third kappa shape index (κ3) is 4.73. The van der Waals surface area contributed by atoms with E-state index in [1.54, 1.807) is 4.90 Å². The number of nitrogens with one attached hydrogen (secondary N) is 2. The Morgan fingerprint density at radius 1 is 1.10 bits per heavy atom. The molecule has 2 aromatic rings. The van der Waals surface area contributed by atoms with Crippen LogP contribution in [0, 0.1) is 12.8 Å². The Morgan fingerprint density at radius 2 is 1.87 bits per heavy atom. The number of benzene rings is 1. The number of aryl methyl sites for hydroxylation is 3. The fourth-order valence-corrected chi connectivity index (χ4v) is 5.22. The molecule has 0 bridgehead atoms. The number of hydrogen-bond donors (Lipinski definition) is 2. The summed E-state index contributed by atoms with van der Waals surface area (Å²) in [4.78, 5) is 40.9. The molecule has 4 rings (SSSR count). The van der Waals surface area contributed by atoms with E-state index in [0.717, 1.165) is 24.8 Å². The van der Waals surface area contributed by atoms with Gasteiger partial charge in [0.25, 0.3) is 5.91 Å². The molecule has 1 saturated heterocycles. The molecular formula is C23H27N3O3S. The summed E-state index contributed by atoms with van der Waals surface area (Å²) in [7, 11) is 0. The summed E-state index contributed by atoms with van der Waals surface area (Å²) in [6.45, 7) is 2.88. The van der Waals surface area contributed by atoms with Crippen molar-refractivity contribution in [2.24, 2.45) is 5.92 Å². The molecule has 0 radical (unpaired) electrons. The van der Waals surface area contributed by atoms with Crippen LogP contribution in [-0.4, -0.2) is 29.2 Å². The lowest BCUT2D eigenvalue weighted by Gasteiger charge is -2.17. The number of rotatable bonds is 4. The van der Waals surface area contributed by atoms with Crippen molar-refractivity contribution in [3.8, 4) is 0 Å². The normalized spacial score (nSPS) is 18.6. The van der Waals surface area contributed by atoms with Crippen molar-refractivity contribution >= 4 is 29.1 Å². The molecule has 1 aliphatic heterocycles. The molecule has 3 amide bonds. The third-order valence-electron chi connectivity index (χ3n) is 5.85. The number of nitrogens with zero attached hydrogens (tertiary/aromatic N) is 1. The average molecular weight is 426 g/mol. The van der Waals surface area contributed by atoms with Crippen LogP contribution >= 0.6 is 11.3 Å². The average Bonchev–Trinajstić information content (AvgIpc) is 3.24. The van der Waals surface area contributed by atoms with Gasteiger partial charge in [-0.25, -0.2) is 0 Å². The Hall–Kier alpha value is -2.67. The molecule has 2 aliphatic rings. The Bertz CT molecular complexity index is 928. The monoisotopic (exact) mass is 425 g/mol. The highest BCUT2D eigenvalue weighted by atomic mass is 32.1. The van der Waals surface area contributed by atoms with E-state index in [1.165, 1.54) is 40.2 Å². The van der Waals surface area contributed by atoms with Gasteiger partial charge in [-0.2, -0.15) is 0 Å². The lowest BCUT2D eigenvalue weighted by Crippen LogP contribution is -2.44. The van der Waals surface area contributed by atoms with Crippen molar-refractivity contribution < 1.29 is 14.4 Å². The first-order valence-corrected chi connectivity index (χ1v) is 11.4. The molecule has 1 fully saturated rings. The number of hydrazine groups is 1. The number of hydrogen-bond acceptors (Lipinski definition) is 4. The third-order valence-corrected chi connectivity index (χ3v) is 7.08. The van der Waals surface area contributed by atoms with Crippen LogP contribution in [0.25, 0.3) is 0 Å². The van der Waals surface area contributed by atoms with Gasteiger partial charge >= 0.3 is 0 Å². The van der Waals surface area contributed by atoms with E-state index < -0.39 is 5.92 Å². The lowest BCUT2D eigenvalue weighted by atomic mass is 10.1. The number of thiophene rings is 1. The fraction of sp³-hybridized carbons (Fsp3) is 0.435. The zero-order chi connectivity index (χ0) is 21.1. The first kappa shape index (κ1) is 20.6. The van der Waals surface area contributed by atoms with Crippen molar-refractivity contribution in [3.63, 3.8) is 0 Å². The molecule has 6 nitrogen and oxygen atoms in total. The number of likely N-dealkylation sites (tertiary alicyclic amines) is 1. The van der Waals surface area contributed by atoms with Crippen LogP contribution in [0.15, 0.2) is 30.3 Å². The van der Waals surface area contributed by atoms with E-state index in [1.807, 2.05) is 37.3 Å². The van der Waals surface area contributed by atoms with Gasteiger partial charge in [0.05, 0.1) is 10.8 Å². The lowest BCUT2D eigenvalue weighted by molar-refractivity contribution is -0.129. The second-order valence-electron chi connectivity index (χ2n) is 8.22. The zero-order valence-electron chi connectivity index (χ0n) is 17.2. The zero-order valence-corrected chi connectivity index (χ0v) is 18.0. The molecule has 7 heteroatoms. The maximum absolute atomic E-state index is 12.5. The Kier molecular flexibility index (Phi) is 6.18. The minimum absolute atomic E-state index is 0.0379. The number of carbonyl (C=O) groups excluding carboxylic acids is 3. The molecule has 30 heavy (non-hydrogen) atoms. The smallest absolute Gasteiger partial charge is 0.279 e. The summed E-state index contributed by atoms with van der Waals surface area (Å²) in [6.07, 6.45) is 5.78. The SMILES string of the molecule is Cc1ccc(CN2CC(C(=O)NNC(=O)c3cc4c(s3)CCCCC4)CC2=O)cc1. The molecule has 0 saturated carbocycles. The highest BCUT2D eigenvalue weighted by Crippen LogP contribution is 2.29. The van der Waals surface area contributed by atoms with Crippen molar-refractivity contribution in [1.29, 1.82) is 0 Å². The Morgan fingerprint density at radius 3 is 2.67 bits per heavy atom. The summed E-state index contributed by atoms with van der Waals surface area (Å²) < 4.78 is 0. The maximum atomic E-state index is 12.5. The van der Waals surface area contributed by atoms with E-state index in [9.17, 15) is 14.4 Å². The van der Waals surface area contributed by atoms with Crippen molar-refractivity contribution in [2.75, 3.05) is 6.54 Å². The molecule has 1 atom stereocenters. The second-order valence-corrected chi connectivity index (χ2v) is 9.36. The fourth-order valence-electron chi connectivity index (χ4n) is 4.08. The van der Waals surface area contributed by atoms with Gasteiger partial charge in [-0.1, -0.05) is 36.2 Å². The van der Waals surface area contributed by atoms with Gasteiger partial charge in [-0.15, -0.1) is 11.3 Å². The van der Waals surface area contributed by atoms with Crippen molar-refractivity contribution in [3.05, 3.63) is 56.8 Å². The summed E-state index contributed by atoms with van der Waals surface area (Å²) in [5.74, 6) is -1.10. The largest absolute Gasteiger partial charge is 0.338 e. The predicted octanol–water partition coefficient (Wildman–Crippen LogP) is 3.14. The summed E-state index contributed by atoms with van der Waals surface area (Å²) in [6, 6.07) is 9.98. The molecule has 1 aliphatic carbocycles. The highest BCUT2D eigenvalue weighted by molar-refractivity contribution is 7.14. The van der Waals surface area contributed by atoms with Gasteiger partial charge < -0.3 is 4.90 Å². The Labute approximate surface area is 180 Å². The minimum atomic E-state index is -0.455. The van der Waals surface area contributed by atoms with E-state index >= 15 is 0 Å². The van der Waals surface area contributed by atoms with Gasteiger partial charge in [-0.3, -0.25) is 25.2 Å². The van der Waals surface area contributed by atoms with E-state index in [2.05, 4.69) is 10.9 Å². The summed E-state index contributed by atoms with van der Waals surface area (Å²) >= 11 is 1.52. The van der Waals surface area contributed by atoms with Crippen LogP contribution in [-0.2, 0) is 29.0 Å². The van der Waals surface area contributed by atoms with Crippen LogP contribution in [0.1, 0.15) is 56.9 Å². The van der Waals surface area contributed by atoms with E-state index in [0.29, 0.717) is 18.0 Å².